The lowest BCUT2D eigenvalue weighted by atomic mass is 10.1. The summed E-state index contributed by atoms with van der Waals surface area (Å²) >= 11 is 7.21. The summed E-state index contributed by atoms with van der Waals surface area (Å²) in [5.41, 5.74) is 0.455. The Morgan fingerprint density at radius 2 is 2.21 bits per heavy atom. The van der Waals surface area contributed by atoms with Gasteiger partial charge < -0.3 is 0 Å². The van der Waals surface area contributed by atoms with Crippen LogP contribution in [0.15, 0.2) is 35.8 Å². The van der Waals surface area contributed by atoms with Crippen molar-refractivity contribution in [2.24, 2.45) is 0 Å². The summed E-state index contributed by atoms with van der Waals surface area (Å²) in [7, 11) is 0. The highest BCUT2D eigenvalue weighted by Crippen LogP contribution is 2.19. The Kier molecular flexibility index (Phi) is 2.61. The molecule has 0 bridgehead atoms. The Hall–Kier alpha value is -1.19. The first-order valence-electron chi connectivity index (χ1n) is 3.98. The lowest BCUT2D eigenvalue weighted by molar-refractivity contribution is 0.104. The van der Waals surface area contributed by atoms with E-state index >= 15 is 0 Å². The summed E-state index contributed by atoms with van der Waals surface area (Å²) < 4.78 is 0. The van der Waals surface area contributed by atoms with Gasteiger partial charge in [0.05, 0.1) is 10.4 Å². The Balaban J connectivity index is 2.42. The zero-order valence-corrected chi connectivity index (χ0v) is 8.68. The quantitative estimate of drug-likeness (QED) is 0.579. The predicted molar refractivity (Wildman–Crippen MR) is 57.0 cm³/mol. The minimum Gasteiger partial charge on any atom is -0.288 e. The summed E-state index contributed by atoms with van der Waals surface area (Å²) in [6.45, 7) is 0. The van der Waals surface area contributed by atoms with Crippen LogP contribution in [0.25, 0.3) is 0 Å². The van der Waals surface area contributed by atoms with Gasteiger partial charge in [0.2, 0.25) is 5.78 Å². The fourth-order valence-corrected chi connectivity index (χ4v) is 1.98. The SMILES string of the molecule is O=C(c1cccs1)c1cccnc1Cl. The molecule has 2 aromatic heterocycles. The first kappa shape index (κ1) is 9.37. The fraction of sp³-hybridized carbons (Fsp3) is 0. The molecule has 0 fully saturated rings. The maximum absolute atomic E-state index is 11.8. The fourth-order valence-electron chi connectivity index (χ4n) is 1.10. The molecule has 0 aliphatic carbocycles. The number of carbonyl (C=O) groups is 1. The molecule has 2 aromatic rings. The summed E-state index contributed by atoms with van der Waals surface area (Å²) in [4.78, 5) is 16.4. The van der Waals surface area contributed by atoms with E-state index in [0.29, 0.717) is 10.4 Å². The van der Waals surface area contributed by atoms with Crippen LogP contribution >= 0.6 is 22.9 Å². The molecule has 0 amide bonds. The molecule has 0 N–H and O–H groups in total. The van der Waals surface area contributed by atoms with Crippen LogP contribution in [0.2, 0.25) is 5.15 Å². The average Bonchev–Trinajstić information content (AvgIpc) is 2.70. The van der Waals surface area contributed by atoms with E-state index in [1.165, 1.54) is 11.3 Å². The molecule has 0 aromatic carbocycles. The molecule has 0 saturated heterocycles. The molecule has 2 rings (SSSR count). The van der Waals surface area contributed by atoms with Crippen molar-refractivity contribution < 1.29 is 4.79 Å². The van der Waals surface area contributed by atoms with Crippen molar-refractivity contribution in [1.82, 2.24) is 4.98 Å². The number of rotatable bonds is 2. The number of ketones is 1. The zero-order valence-electron chi connectivity index (χ0n) is 7.11. The van der Waals surface area contributed by atoms with E-state index in [2.05, 4.69) is 4.98 Å². The molecular formula is C10H6ClNOS. The molecule has 0 radical (unpaired) electrons. The van der Waals surface area contributed by atoms with Gasteiger partial charge >= 0.3 is 0 Å². The molecule has 0 unspecified atom stereocenters. The second-order valence-corrected chi connectivity index (χ2v) is 3.95. The second kappa shape index (κ2) is 3.90. The third-order valence-corrected chi connectivity index (χ3v) is 2.92. The van der Waals surface area contributed by atoms with Gasteiger partial charge in [-0.05, 0) is 23.6 Å². The van der Waals surface area contributed by atoms with Crippen molar-refractivity contribution in [1.29, 1.82) is 0 Å². The minimum atomic E-state index is -0.0712. The topological polar surface area (TPSA) is 30.0 Å². The van der Waals surface area contributed by atoms with Crippen molar-refractivity contribution in [2.45, 2.75) is 0 Å². The highest BCUT2D eigenvalue weighted by molar-refractivity contribution is 7.12. The third-order valence-electron chi connectivity index (χ3n) is 1.75. The van der Waals surface area contributed by atoms with E-state index in [-0.39, 0.29) is 10.9 Å². The van der Waals surface area contributed by atoms with Gasteiger partial charge in [0.25, 0.3) is 0 Å². The molecule has 0 aliphatic rings. The lowest BCUT2D eigenvalue weighted by Crippen LogP contribution is -2.00. The highest BCUT2D eigenvalue weighted by Gasteiger charge is 2.13. The molecule has 0 spiro atoms. The molecule has 70 valence electrons. The summed E-state index contributed by atoms with van der Waals surface area (Å²) in [5.74, 6) is -0.0712. The van der Waals surface area contributed by atoms with Gasteiger partial charge in [0, 0.05) is 6.20 Å². The van der Waals surface area contributed by atoms with Crippen molar-refractivity contribution in [3.63, 3.8) is 0 Å². The second-order valence-electron chi connectivity index (χ2n) is 2.65. The van der Waals surface area contributed by atoms with Gasteiger partial charge in [0.1, 0.15) is 5.15 Å². The standard InChI is InChI=1S/C10H6ClNOS/c11-10-7(3-1-5-12-10)9(13)8-4-2-6-14-8/h1-6H. The van der Waals surface area contributed by atoms with Crippen LogP contribution in [0, 0.1) is 0 Å². The van der Waals surface area contributed by atoms with Crippen molar-refractivity contribution in [3.05, 3.63) is 51.4 Å². The number of aromatic nitrogens is 1. The van der Waals surface area contributed by atoms with Crippen molar-refractivity contribution in [2.75, 3.05) is 0 Å². The van der Waals surface area contributed by atoms with Crippen LogP contribution < -0.4 is 0 Å². The van der Waals surface area contributed by atoms with E-state index < -0.39 is 0 Å². The van der Waals surface area contributed by atoms with E-state index in [1.807, 2.05) is 11.4 Å². The Bertz CT molecular complexity index is 453. The Morgan fingerprint density at radius 3 is 2.86 bits per heavy atom. The van der Waals surface area contributed by atoms with Crippen LogP contribution in [0.4, 0.5) is 0 Å². The molecule has 4 heteroatoms. The Labute approximate surface area is 90.2 Å². The largest absolute Gasteiger partial charge is 0.288 e. The molecule has 2 nitrogen and oxygen atoms in total. The molecule has 0 atom stereocenters. The van der Waals surface area contributed by atoms with Gasteiger partial charge in [-0.2, -0.15) is 0 Å². The number of pyridine rings is 1. The van der Waals surface area contributed by atoms with E-state index in [9.17, 15) is 4.79 Å². The number of carbonyl (C=O) groups excluding carboxylic acids is 1. The summed E-state index contributed by atoms with van der Waals surface area (Å²) in [6.07, 6.45) is 1.56. The molecule has 2 heterocycles. The number of hydrogen-bond donors (Lipinski definition) is 0. The highest BCUT2D eigenvalue weighted by atomic mass is 35.5. The average molecular weight is 224 g/mol. The molecule has 0 aliphatic heterocycles. The van der Waals surface area contributed by atoms with Gasteiger partial charge in [-0.15, -0.1) is 11.3 Å². The maximum Gasteiger partial charge on any atom is 0.206 e. The predicted octanol–water partition coefficient (Wildman–Crippen LogP) is 3.03. The van der Waals surface area contributed by atoms with Crippen LogP contribution in [-0.4, -0.2) is 10.8 Å². The normalized spacial score (nSPS) is 10.1. The molecular weight excluding hydrogens is 218 g/mol. The lowest BCUT2D eigenvalue weighted by Gasteiger charge is -1.98. The van der Waals surface area contributed by atoms with Gasteiger partial charge in [0.15, 0.2) is 0 Å². The van der Waals surface area contributed by atoms with E-state index in [0.717, 1.165) is 0 Å². The van der Waals surface area contributed by atoms with Crippen LogP contribution in [0.3, 0.4) is 0 Å². The van der Waals surface area contributed by atoms with E-state index in [1.54, 1.807) is 24.4 Å². The van der Waals surface area contributed by atoms with Gasteiger partial charge in [-0.1, -0.05) is 17.7 Å². The third kappa shape index (κ3) is 1.69. The smallest absolute Gasteiger partial charge is 0.206 e. The number of halogens is 1. The number of nitrogens with zero attached hydrogens (tertiary/aromatic N) is 1. The summed E-state index contributed by atoms with van der Waals surface area (Å²) in [5, 5.41) is 2.11. The van der Waals surface area contributed by atoms with E-state index in [4.69, 9.17) is 11.6 Å². The van der Waals surface area contributed by atoms with Crippen LogP contribution in [0.5, 0.6) is 0 Å². The first-order valence-corrected chi connectivity index (χ1v) is 5.23. The first-order chi connectivity index (χ1) is 6.79. The minimum absolute atomic E-state index is 0.0712. The molecule has 0 saturated carbocycles. The van der Waals surface area contributed by atoms with Crippen molar-refractivity contribution >= 4 is 28.7 Å². The van der Waals surface area contributed by atoms with Gasteiger partial charge in [-0.25, -0.2) is 4.98 Å². The molecule has 14 heavy (non-hydrogen) atoms. The Morgan fingerprint density at radius 1 is 1.36 bits per heavy atom. The number of hydrogen-bond acceptors (Lipinski definition) is 3. The monoisotopic (exact) mass is 223 g/mol. The summed E-state index contributed by atoms with van der Waals surface area (Å²) in [6, 6.07) is 6.99. The number of thiophene rings is 1. The zero-order chi connectivity index (χ0) is 9.97. The van der Waals surface area contributed by atoms with Crippen LogP contribution in [-0.2, 0) is 0 Å². The van der Waals surface area contributed by atoms with Crippen LogP contribution in [0.1, 0.15) is 15.2 Å². The van der Waals surface area contributed by atoms with Crippen molar-refractivity contribution in [3.8, 4) is 0 Å². The maximum atomic E-state index is 11.8. The van der Waals surface area contributed by atoms with Gasteiger partial charge in [-0.3, -0.25) is 4.79 Å².